The largest absolute Gasteiger partial charge is 0.396 e. The van der Waals surface area contributed by atoms with Crippen molar-refractivity contribution >= 4 is 28.2 Å². The lowest BCUT2D eigenvalue weighted by Crippen LogP contribution is -2.31. The first-order valence-corrected chi connectivity index (χ1v) is 8.59. The third kappa shape index (κ3) is 5.03. The molecule has 0 aromatic heterocycles. The summed E-state index contributed by atoms with van der Waals surface area (Å²) in [6.07, 6.45) is 3.27. The molecule has 0 amide bonds. The van der Waals surface area contributed by atoms with Gasteiger partial charge in [0, 0.05) is 41.6 Å². The van der Waals surface area contributed by atoms with Crippen molar-refractivity contribution in [1.29, 1.82) is 0 Å². The summed E-state index contributed by atoms with van der Waals surface area (Å²) in [4.78, 5) is 12.3. The average molecular weight is 334 g/mol. The average Bonchev–Trinajstić information content (AvgIpc) is 2.55. The Labute approximate surface area is 142 Å². The van der Waals surface area contributed by atoms with Crippen molar-refractivity contribution in [3.8, 4) is 0 Å². The van der Waals surface area contributed by atoms with E-state index < -0.39 is 0 Å². The summed E-state index contributed by atoms with van der Waals surface area (Å²) in [5.41, 5.74) is 0.718. The first kappa shape index (κ1) is 17.9. The van der Waals surface area contributed by atoms with Crippen molar-refractivity contribution < 1.29 is 9.90 Å². The van der Waals surface area contributed by atoms with Gasteiger partial charge in [-0.3, -0.25) is 4.79 Å². The van der Waals surface area contributed by atoms with Gasteiger partial charge in [0.25, 0.3) is 0 Å². The molecule has 124 valence electrons. The van der Waals surface area contributed by atoms with Crippen LogP contribution in [0.4, 0.5) is 0 Å². The summed E-state index contributed by atoms with van der Waals surface area (Å²) in [6.45, 7) is 2.94. The number of Topliss-reactive ketones (excluding diaryl/α,β-unsaturated/α-hetero) is 1. The maximum Gasteiger partial charge on any atom is 0.164 e. The van der Waals surface area contributed by atoms with Gasteiger partial charge in [-0.15, -0.1) is 0 Å². The highest BCUT2D eigenvalue weighted by molar-refractivity contribution is 6.35. The Morgan fingerprint density at radius 2 is 2.09 bits per heavy atom. The van der Waals surface area contributed by atoms with Crippen LogP contribution in [0.25, 0.3) is 10.8 Å². The number of halogens is 1. The molecule has 0 aliphatic rings. The van der Waals surface area contributed by atoms with Gasteiger partial charge >= 0.3 is 0 Å². The lowest BCUT2D eigenvalue weighted by molar-refractivity contribution is 0.0981. The number of aliphatic hydroxyl groups is 1. The molecule has 0 aliphatic carbocycles. The molecule has 2 aromatic rings. The van der Waals surface area contributed by atoms with Crippen molar-refractivity contribution in [3.05, 3.63) is 47.0 Å². The molecule has 0 spiro atoms. The van der Waals surface area contributed by atoms with E-state index in [4.69, 9.17) is 16.7 Å². The Balaban J connectivity index is 1.95. The monoisotopic (exact) mass is 333 g/mol. The van der Waals surface area contributed by atoms with Gasteiger partial charge in [-0.05, 0) is 30.4 Å². The standard InChI is InChI=1S/C19H24ClNO2/c1-2-4-16(10-12-22)21-11-9-19(23)15-7-8-17-14(13-15)5-3-6-18(17)20/h3,5-8,13,16,21-22H,2,4,9-12H2,1H3. The Bertz CT molecular complexity index is 651. The summed E-state index contributed by atoms with van der Waals surface area (Å²) in [7, 11) is 0. The molecule has 3 nitrogen and oxygen atoms in total. The molecule has 0 bridgehead atoms. The summed E-state index contributed by atoms with van der Waals surface area (Å²) in [5, 5.41) is 15.1. The van der Waals surface area contributed by atoms with Gasteiger partial charge in [-0.25, -0.2) is 0 Å². The van der Waals surface area contributed by atoms with E-state index in [1.165, 1.54) is 0 Å². The van der Waals surface area contributed by atoms with Crippen LogP contribution in [0.1, 0.15) is 43.0 Å². The fourth-order valence-corrected chi connectivity index (χ4v) is 3.05. The number of aliphatic hydroxyl groups excluding tert-OH is 1. The topological polar surface area (TPSA) is 49.3 Å². The van der Waals surface area contributed by atoms with Crippen LogP contribution in [0.2, 0.25) is 5.02 Å². The minimum Gasteiger partial charge on any atom is -0.396 e. The smallest absolute Gasteiger partial charge is 0.164 e. The van der Waals surface area contributed by atoms with Gasteiger partial charge in [0.05, 0.1) is 0 Å². The Morgan fingerprint density at radius 1 is 1.26 bits per heavy atom. The summed E-state index contributed by atoms with van der Waals surface area (Å²) in [5.74, 6) is 0.124. The van der Waals surface area contributed by atoms with Crippen LogP contribution in [0.3, 0.4) is 0 Å². The number of carbonyl (C=O) groups excluding carboxylic acids is 1. The summed E-state index contributed by atoms with van der Waals surface area (Å²) < 4.78 is 0. The SMILES string of the molecule is CCCC(CCO)NCCC(=O)c1ccc2c(Cl)cccc2c1. The zero-order valence-electron chi connectivity index (χ0n) is 13.5. The van der Waals surface area contributed by atoms with Crippen LogP contribution in [-0.4, -0.2) is 30.1 Å². The van der Waals surface area contributed by atoms with Crippen molar-refractivity contribution in [3.63, 3.8) is 0 Å². The zero-order chi connectivity index (χ0) is 16.7. The number of hydrogen-bond acceptors (Lipinski definition) is 3. The molecule has 0 fully saturated rings. The number of fused-ring (bicyclic) bond motifs is 1. The number of nitrogens with one attached hydrogen (secondary N) is 1. The van der Waals surface area contributed by atoms with Gasteiger partial charge in [0.2, 0.25) is 0 Å². The van der Waals surface area contributed by atoms with E-state index in [9.17, 15) is 4.79 Å². The van der Waals surface area contributed by atoms with Crippen molar-refractivity contribution in [1.82, 2.24) is 5.32 Å². The number of rotatable bonds is 9. The van der Waals surface area contributed by atoms with Gasteiger partial charge in [-0.2, -0.15) is 0 Å². The van der Waals surface area contributed by atoms with Crippen LogP contribution >= 0.6 is 11.6 Å². The molecule has 2 N–H and O–H groups in total. The molecule has 0 saturated heterocycles. The van der Waals surface area contributed by atoms with Gasteiger partial charge < -0.3 is 10.4 Å². The number of ketones is 1. The highest BCUT2D eigenvalue weighted by Gasteiger charge is 2.10. The number of hydrogen-bond donors (Lipinski definition) is 2. The molecule has 0 heterocycles. The molecule has 2 aromatic carbocycles. The van der Waals surface area contributed by atoms with Gasteiger partial charge in [0.1, 0.15) is 0 Å². The minimum absolute atomic E-state index is 0.124. The van der Waals surface area contributed by atoms with Crippen molar-refractivity contribution in [2.75, 3.05) is 13.2 Å². The van der Waals surface area contributed by atoms with E-state index in [0.717, 1.165) is 35.6 Å². The summed E-state index contributed by atoms with van der Waals surface area (Å²) in [6, 6.07) is 11.6. The zero-order valence-corrected chi connectivity index (χ0v) is 14.3. The molecule has 1 atom stereocenters. The van der Waals surface area contributed by atoms with Crippen LogP contribution in [0.15, 0.2) is 36.4 Å². The lowest BCUT2D eigenvalue weighted by atomic mass is 10.0. The van der Waals surface area contributed by atoms with Gasteiger partial charge in [-0.1, -0.05) is 49.2 Å². The predicted molar refractivity (Wildman–Crippen MR) is 96.3 cm³/mol. The second-order valence-electron chi connectivity index (χ2n) is 5.80. The predicted octanol–water partition coefficient (Wildman–Crippen LogP) is 4.21. The van der Waals surface area contributed by atoms with E-state index in [1.54, 1.807) is 0 Å². The van der Waals surface area contributed by atoms with E-state index in [1.807, 2.05) is 36.4 Å². The highest BCUT2D eigenvalue weighted by Crippen LogP contribution is 2.24. The van der Waals surface area contributed by atoms with Crippen LogP contribution in [-0.2, 0) is 0 Å². The molecule has 23 heavy (non-hydrogen) atoms. The maximum atomic E-state index is 12.3. The molecule has 0 radical (unpaired) electrons. The highest BCUT2D eigenvalue weighted by atomic mass is 35.5. The first-order valence-electron chi connectivity index (χ1n) is 8.21. The van der Waals surface area contributed by atoms with E-state index in [2.05, 4.69) is 12.2 Å². The van der Waals surface area contributed by atoms with E-state index >= 15 is 0 Å². The Hall–Kier alpha value is -1.42. The lowest BCUT2D eigenvalue weighted by Gasteiger charge is -2.16. The third-order valence-corrected chi connectivity index (χ3v) is 4.38. The Kier molecular flexibility index (Phi) is 7.03. The molecular formula is C19H24ClNO2. The number of benzene rings is 2. The van der Waals surface area contributed by atoms with Gasteiger partial charge in [0.15, 0.2) is 5.78 Å². The van der Waals surface area contributed by atoms with E-state index in [0.29, 0.717) is 18.0 Å². The molecule has 2 rings (SSSR count). The molecule has 0 saturated carbocycles. The second kappa shape index (κ2) is 9.02. The fraction of sp³-hybridized carbons (Fsp3) is 0.421. The normalized spacial score (nSPS) is 12.5. The fourth-order valence-electron chi connectivity index (χ4n) is 2.80. The van der Waals surface area contributed by atoms with Crippen molar-refractivity contribution in [2.24, 2.45) is 0 Å². The van der Waals surface area contributed by atoms with Crippen LogP contribution < -0.4 is 5.32 Å². The van der Waals surface area contributed by atoms with Crippen molar-refractivity contribution in [2.45, 2.75) is 38.6 Å². The Morgan fingerprint density at radius 3 is 2.83 bits per heavy atom. The number of carbonyl (C=O) groups is 1. The second-order valence-corrected chi connectivity index (χ2v) is 6.21. The van der Waals surface area contributed by atoms with E-state index in [-0.39, 0.29) is 18.4 Å². The molecule has 4 heteroatoms. The summed E-state index contributed by atoms with van der Waals surface area (Å²) >= 11 is 6.15. The quantitative estimate of drug-likeness (QED) is 0.676. The molecular weight excluding hydrogens is 310 g/mol. The van der Waals surface area contributed by atoms with Crippen LogP contribution in [0.5, 0.6) is 0 Å². The third-order valence-electron chi connectivity index (χ3n) is 4.05. The molecule has 0 aliphatic heterocycles. The molecule has 1 unspecified atom stereocenters. The first-order chi connectivity index (χ1) is 11.2. The van der Waals surface area contributed by atoms with Crippen LogP contribution in [0, 0.1) is 0 Å². The minimum atomic E-state index is 0.124. The maximum absolute atomic E-state index is 12.3.